The Labute approximate surface area is 152 Å². The molecule has 0 atom stereocenters. The third kappa shape index (κ3) is 3.63. The molecule has 0 spiro atoms. The number of carbonyl (C=O) groups excluding carboxylic acids is 1. The van der Waals surface area contributed by atoms with E-state index in [9.17, 15) is 4.79 Å². The van der Waals surface area contributed by atoms with E-state index in [1.807, 2.05) is 26.8 Å². The highest BCUT2D eigenvalue weighted by molar-refractivity contribution is 9.10. The minimum absolute atomic E-state index is 0.228. The molecule has 3 aromatic heterocycles. The van der Waals surface area contributed by atoms with E-state index in [0.29, 0.717) is 29.0 Å². The Hall–Kier alpha value is -2.49. The van der Waals surface area contributed by atoms with Crippen LogP contribution in [0, 0.1) is 6.92 Å². The number of hydrogen-bond acceptors (Lipinski definition) is 6. The van der Waals surface area contributed by atoms with Crippen LogP contribution in [0.4, 0.5) is 5.82 Å². The van der Waals surface area contributed by atoms with Crippen LogP contribution in [0.15, 0.2) is 16.9 Å². The topological polar surface area (TPSA) is 113 Å². The quantitative estimate of drug-likeness (QED) is 0.538. The number of fused-ring (bicyclic) bond motifs is 1. The first kappa shape index (κ1) is 17.3. The predicted octanol–water partition coefficient (Wildman–Crippen LogP) is 1.88. The number of amides is 1. The number of halogens is 1. The van der Waals surface area contributed by atoms with Crippen molar-refractivity contribution in [2.24, 2.45) is 0 Å². The molecular formula is C15H19BrN8O. The lowest BCUT2D eigenvalue weighted by Crippen LogP contribution is -2.29. The molecule has 3 heterocycles. The second kappa shape index (κ2) is 7.18. The first-order chi connectivity index (χ1) is 12.0. The molecule has 1 amide bonds. The van der Waals surface area contributed by atoms with E-state index in [0.717, 1.165) is 17.2 Å². The fourth-order valence-electron chi connectivity index (χ4n) is 2.38. The fourth-order valence-corrected chi connectivity index (χ4v) is 3.20. The van der Waals surface area contributed by atoms with E-state index in [1.165, 1.54) is 6.33 Å². The van der Waals surface area contributed by atoms with Gasteiger partial charge in [0, 0.05) is 24.8 Å². The highest BCUT2D eigenvalue weighted by atomic mass is 79.9. The number of carbonyl (C=O) groups is 1. The van der Waals surface area contributed by atoms with Crippen molar-refractivity contribution in [3.63, 3.8) is 0 Å². The van der Waals surface area contributed by atoms with Crippen LogP contribution in [0.25, 0.3) is 5.78 Å². The molecule has 25 heavy (non-hydrogen) atoms. The van der Waals surface area contributed by atoms with Gasteiger partial charge in [-0.3, -0.25) is 9.89 Å². The highest BCUT2D eigenvalue weighted by Crippen LogP contribution is 2.25. The molecule has 0 aliphatic heterocycles. The van der Waals surface area contributed by atoms with Gasteiger partial charge in [-0.15, -0.1) is 0 Å². The Morgan fingerprint density at radius 1 is 1.40 bits per heavy atom. The molecule has 0 bridgehead atoms. The number of aromatic amines is 1. The SMILES string of the molecule is Cc1cc(NCCNC(=O)c2n[nH]c(C(C)C)c2Br)n2ncnc2n1. The third-order valence-electron chi connectivity index (χ3n) is 3.62. The number of rotatable bonds is 6. The molecule has 0 saturated heterocycles. The van der Waals surface area contributed by atoms with Gasteiger partial charge in [-0.25, -0.2) is 4.98 Å². The summed E-state index contributed by atoms with van der Waals surface area (Å²) in [7, 11) is 0. The number of H-pyrrole nitrogens is 1. The lowest BCUT2D eigenvalue weighted by Gasteiger charge is -2.09. The van der Waals surface area contributed by atoms with E-state index in [4.69, 9.17) is 0 Å². The Bertz CT molecular complexity index is 900. The molecular weight excluding hydrogens is 388 g/mol. The minimum atomic E-state index is -0.228. The summed E-state index contributed by atoms with van der Waals surface area (Å²) in [6, 6.07) is 1.88. The van der Waals surface area contributed by atoms with Gasteiger partial charge in [-0.1, -0.05) is 13.8 Å². The van der Waals surface area contributed by atoms with Gasteiger partial charge in [0.15, 0.2) is 5.69 Å². The van der Waals surface area contributed by atoms with Crippen molar-refractivity contribution in [3.05, 3.63) is 33.9 Å². The Morgan fingerprint density at radius 3 is 2.92 bits per heavy atom. The standard InChI is InChI=1S/C15H19BrN8O/c1-8(2)12-11(16)13(23-22-12)14(25)18-5-4-17-10-6-9(3)21-15-19-7-20-24(10)15/h6-8,17H,4-5H2,1-3H3,(H,18,25)(H,22,23). The van der Waals surface area contributed by atoms with Gasteiger partial charge < -0.3 is 10.6 Å². The third-order valence-corrected chi connectivity index (χ3v) is 4.42. The second-order valence-electron chi connectivity index (χ2n) is 5.89. The van der Waals surface area contributed by atoms with Crippen LogP contribution in [-0.2, 0) is 0 Å². The average Bonchev–Trinajstić information content (AvgIpc) is 3.17. The Morgan fingerprint density at radius 2 is 2.20 bits per heavy atom. The number of nitrogens with one attached hydrogen (secondary N) is 3. The molecule has 9 nitrogen and oxygen atoms in total. The van der Waals surface area contributed by atoms with Gasteiger partial charge in [-0.2, -0.15) is 19.7 Å². The zero-order valence-electron chi connectivity index (χ0n) is 14.2. The number of aromatic nitrogens is 6. The first-order valence-electron chi connectivity index (χ1n) is 7.90. The van der Waals surface area contributed by atoms with Crippen molar-refractivity contribution in [1.82, 2.24) is 35.1 Å². The fraction of sp³-hybridized carbons (Fsp3) is 0.400. The van der Waals surface area contributed by atoms with E-state index in [2.05, 4.69) is 51.8 Å². The number of hydrogen-bond donors (Lipinski definition) is 3. The van der Waals surface area contributed by atoms with Crippen molar-refractivity contribution in [2.75, 3.05) is 18.4 Å². The smallest absolute Gasteiger partial charge is 0.273 e. The molecule has 3 rings (SSSR count). The van der Waals surface area contributed by atoms with Crippen LogP contribution in [0.1, 0.15) is 41.6 Å². The minimum Gasteiger partial charge on any atom is -0.368 e. The second-order valence-corrected chi connectivity index (χ2v) is 6.68. The van der Waals surface area contributed by atoms with E-state index >= 15 is 0 Å². The highest BCUT2D eigenvalue weighted by Gasteiger charge is 2.18. The average molecular weight is 407 g/mol. The predicted molar refractivity (Wildman–Crippen MR) is 96.7 cm³/mol. The van der Waals surface area contributed by atoms with Crippen molar-refractivity contribution in [2.45, 2.75) is 26.7 Å². The van der Waals surface area contributed by atoms with Crippen molar-refractivity contribution in [1.29, 1.82) is 0 Å². The zero-order chi connectivity index (χ0) is 18.0. The number of anilines is 1. The molecule has 0 unspecified atom stereocenters. The summed E-state index contributed by atoms with van der Waals surface area (Å²) >= 11 is 3.43. The van der Waals surface area contributed by atoms with Crippen LogP contribution >= 0.6 is 15.9 Å². The van der Waals surface area contributed by atoms with Crippen LogP contribution in [0.3, 0.4) is 0 Å². The summed E-state index contributed by atoms with van der Waals surface area (Å²) in [5.41, 5.74) is 2.11. The molecule has 132 valence electrons. The van der Waals surface area contributed by atoms with E-state index < -0.39 is 0 Å². The van der Waals surface area contributed by atoms with Gasteiger partial charge in [0.25, 0.3) is 11.7 Å². The van der Waals surface area contributed by atoms with Crippen LogP contribution < -0.4 is 10.6 Å². The molecule has 0 fully saturated rings. The molecule has 0 saturated carbocycles. The molecule has 0 aromatic carbocycles. The Balaban J connectivity index is 1.58. The van der Waals surface area contributed by atoms with Crippen LogP contribution in [-0.4, -0.2) is 48.8 Å². The lowest BCUT2D eigenvalue weighted by atomic mass is 10.1. The molecule has 3 N–H and O–H groups in total. The van der Waals surface area contributed by atoms with Crippen molar-refractivity contribution >= 4 is 33.4 Å². The van der Waals surface area contributed by atoms with Crippen molar-refractivity contribution in [3.8, 4) is 0 Å². The lowest BCUT2D eigenvalue weighted by molar-refractivity contribution is 0.0949. The van der Waals surface area contributed by atoms with E-state index in [-0.39, 0.29) is 11.8 Å². The summed E-state index contributed by atoms with van der Waals surface area (Å²) in [6.45, 7) is 6.93. The normalized spacial score (nSPS) is 11.2. The summed E-state index contributed by atoms with van der Waals surface area (Å²) < 4.78 is 2.33. The molecule has 0 radical (unpaired) electrons. The maximum absolute atomic E-state index is 12.2. The summed E-state index contributed by atoms with van der Waals surface area (Å²) in [5, 5.41) is 17.2. The van der Waals surface area contributed by atoms with E-state index in [1.54, 1.807) is 4.52 Å². The Kier molecular flexibility index (Phi) is 4.98. The molecule has 0 aliphatic rings. The molecule has 3 aromatic rings. The molecule has 10 heteroatoms. The van der Waals surface area contributed by atoms with Gasteiger partial charge in [0.05, 0.1) is 10.2 Å². The van der Waals surface area contributed by atoms with Crippen LogP contribution in [0.2, 0.25) is 0 Å². The largest absolute Gasteiger partial charge is 0.368 e. The monoisotopic (exact) mass is 406 g/mol. The summed E-state index contributed by atoms with van der Waals surface area (Å²) in [4.78, 5) is 20.6. The van der Waals surface area contributed by atoms with Crippen LogP contribution in [0.5, 0.6) is 0 Å². The zero-order valence-corrected chi connectivity index (χ0v) is 15.8. The maximum atomic E-state index is 12.2. The van der Waals surface area contributed by atoms with Crippen molar-refractivity contribution < 1.29 is 4.79 Å². The van der Waals surface area contributed by atoms with Gasteiger partial charge in [0.2, 0.25) is 0 Å². The van der Waals surface area contributed by atoms with Gasteiger partial charge in [0.1, 0.15) is 12.1 Å². The number of aryl methyl sites for hydroxylation is 1. The molecule has 0 aliphatic carbocycles. The summed E-state index contributed by atoms with van der Waals surface area (Å²) in [5.74, 6) is 1.34. The van der Waals surface area contributed by atoms with Gasteiger partial charge >= 0.3 is 0 Å². The maximum Gasteiger partial charge on any atom is 0.273 e. The number of nitrogens with zero attached hydrogens (tertiary/aromatic N) is 5. The first-order valence-corrected chi connectivity index (χ1v) is 8.70. The van der Waals surface area contributed by atoms with Gasteiger partial charge in [-0.05, 0) is 28.8 Å². The summed E-state index contributed by atoms with van der Waals surface area (Å²) in [6.07, 6.45) is 1.45.